The molecule has 21 heavy (non-hydrogen) atoms. The van der Waals surface area contributed by atoms with Crippen LogP contribution in [0.4, 0.5) is 0 Å². The predicted molar refractivity (Wildman–Crippen MR) is 67.2 cm³/mol. The maximum Gasteiger partial charge on any atom is 0.399 e. The summed E-state index contributed by atoms with van der Waals surface area (Å²) >= 11 is 0. The average molecular weight is 329 g/mol. The number of nitrogens with one attached hydrogen (secondary N) is 1. The molecule has 0 bridgehead atoms. The number of carbonyl (C=O) groups excluding carboxylic acids is 1. The summed E-state index contributed by atoms with van der Waals surface area (Å²) in [6, 6.07) is -1.12. The van der Waals surface area contributed by atoms with E-state index in [1.165, 1.54) is 6.92 Å². The molecule has 0 aromatic carbocycles. The molecule has 5 atom stereocenters. The zero-order chi connectivity index (χ0) is 16.2. The van der Waals surface area contributed by atoms with E-state index in [1.807, 2.05) is 0 Å². The van der Waals surface area contributed by atoms with E-state index in [-0.39, 0.29) is 6.61 Å². The highest BCUT2D eigenvalue weighted by Gasteiger charge is 2.47. The molecule has 0 saturated carbocycles. The van der Waals surface area contributed by atoms with Crippen LogP contribution < -0.4 is 5.32 Å². The Bertz CT molecular complexity index is 453. The fraction of sp³-hybridized carbons (Fsp3) is 0.900. The first kappa shape index (κ1) is 18.2. The minimum atomic E-state index is -4.90. The zero-order valence-electron chi connectivity index (χ0n) is 11.5. The molecule has 0 aromatic rings. The molecule has 11 heteroatoms. The summed E-state index contributed by atoms with van der Waals surface area (Å²) in [6.45, 7) is 3.19. The van der Waals surface area contributed by atoms with Crippen molar-refractivity contribution >= 4 is 16.3 Å². The second-order valence-corrected chi connectivity index (χ2v) is 5.52. The van der Waals surface area contributed by atoms with E-state index in [1.54, 1.807) is 6.92 Å². The lowest BCUT2D eigenvalue weighted by molar-refractivity contribution is -0.307. The summed E-state index contributed by atoms with van der Waals surface area (Å²) in [5.74, 6) is -0.505. The Labute approximate surface area is 121 Å². The van der Waals surface area contributed by atoms with Crippen LogP contribution in [0, 0.1) is 0 Å². The van der Waals surface area contributed by atoms with Crippen LogP contribution in [0.5, 0.6) is 0 Å². The highest BCUT2D eigenvalue weighted by molar-refractivity contribution is 7.80. The predicted octanol–water partition coefficient (Wildman–Crippen LogP) is -1.86. The number of aliphatic hydroxyl groups is 2. The smallest absolute Gasteiger partial charge is 0.388 e. The summed E-state index contributed by atoms with van der Waals surface area (Å²) < 4.78 is 44.4. The van der Waals surface area contributed by atoms with Gasteiger partial charge in [-0.1, -0.05) is 6.92 Å². The monoisotopic (exact) mass is 329 g/mol. The number of aliphatic hydroxyl groups excluding tert-OH is 2. The largest absolute Gasteiger partial charge is 0.399 e. The number of hydrogen-bond acceptors (Lipinski definition) is 8. The third-order valence-electron chi connectivity index (χ3n) is 2.63. The highest BCUT2D eigenvalue weighted by atomic mass is 32.3. The highest BCUT2D eigenvalue weighted by Crippen LogP contribution is 2.24. The SMILES string of the molecule is CCCO[C@@H]1O[C@H](OS(=O)(=O)O)[C@@H](O)[C@H](O)[C@H]1NC(C)=O. The van der Waals surface area contributed by atoms with E-state index in [4.69, 9.17) is 14.0 Å². The number of amides is 1. The van der Waals surface area contributed by atoms with Crippen molar-refractivity contribution in [1.82, 2.24) is 5.32 Å². The molecule has 124 valence electrons. The third kappa shape index (κ3) is 5.47. The first-order chi connectivity index (χ1) is 9.65. The summed E-state index contributed by atoms with van der Waals surface area (Å²) in [5, 5.41) is 22.0. The van der Waals surface area contributed by atoms with Crippen molar-refractivity contribution in [3.8, 4) is 0 Å². The second-order valence-electron chi connectivity index (χ2n) is 4.48. The van der Waals surface area contributed by atoms with Gasteiger partial charge in [-0.25, -0.2) is 4.18 Å². The summed E-state index contributed by atoms with van der Waals surface area (Å²) in [5.41, 5.74) is 0. The lowest BCUT2D eigenvalue weighted by Crippen LogP contribution is -2.64. The zero-order valence-corrected chi connectivity index (χ0v) is 12.3. The quantitative estimate of drug-likeness (QED) is 0.411. The molecule has 4 N–H and O–H groups in total. The van der Waals surface area contributed by atoms with Gasteiger partial charge in [-0.2, -0.15) is 8.42 Å². The van der Waals surface area contributed by atoms with Crippen LogP contribution in [0.1, 0.15) is 20.3 Å². The van der Waals surface area contributed by atoms with Crippen molar-refractivity contribution < 1.29 is 41.6 Å². The van der Waals surface area contributed by atoms with Gasteiger partial charge < -0.3 is 25.0 Å². The number of hydrogen-bond donors (Lipinski definition) is 4. The molecule has 0 aromatic heterocycles. The van der Waals surface area contributed by atoms with Crippen LogP contribution in [-0.4, -0.2) is 66.5 Å². The molecule has 1 aliphatic heterocycles. The van der Waals surface area contributed by atoms with Crippen molar-refractivity contribution in [3.05, 3.63) is 0 Å². The van der Waals surface area contributed by atoms with E-state index in [9.17, 15) is 23.4 Å². The van der Waals surface area contributed by atoms with E-state index in [0.29, 0.717) is 6.42 Å². The normalized spacial score (nSPS) is 33.7. The summed E-state index contributed by atoms with van der Waals surface area (Å²) in [4.78, 5) is 11.1. The Morgan fingerprint density at radius 2 is 1.90 bits per heavy atom. The maximum absolute atomic E-state index is 11.1. The molecular formula is C10H19NO9S. The maximum atomic E-state index is 11.1. The van der Waals surface area contributed by atoms with Crippen molar-refractivity contribution in [2.45, 2.75) is 51.1 Å². The lowest BCUT2D eigenvalue weighted by atomic mass is 10.0. The first-order valence-corrected chi connectivity index (χ1v) is 7.58. The Kier molecular flexibility index (Phi) is 6.46. The molecular weight excluding hydrogens is 310 g/mol. The van der Waals surface area contributed by atoms with Crippen molar-refractivity contribution in [1.29, 1.82) is 0 Å². The van der Waals surface area contributed by atoms with Crippen LogP contribution in [0.3, 0.4) is 0 Å². The van der Waals surface area contributed by atoms with Gasteiger partial charge in [0.25, 0.3) is 0 Å². The van der Waals surface area contributed by atoms with Gasteiger partial charge >= 0.3 is 10.4 Å². The van der Waals surface area contributed by atoms with Crippen LogP contribution in [0.15, 0.2) is 0 Å². The first-order valence-electron chi connectivity index (χ1n) is 6.21. The Morgan fingerprint density at radius 1 is 1.29 bits per heavy atom. The van der Waals surface area contributed by atoms with Crippen molar-refractivity contribution in [2.24, 2.45) is 0 Å². The molecule has 1 heterocycles. The Morgan fingerprint density at radius 3 is 2.38 bits per heavy atom. The van der Waals surface area contributed by atoms with Gasteiger partial charge in [-0.3, -0.25) is 9.35 Å². The van der Waals surface area contributed by atoms with Gasteiger partial charge in [0.1, 0.15) is 18.2 Å². The molecule has 0 spiro atoms. The van der Waals surface area contributed by atoms with Gasteiger partial charge in [0.2, 0.25) is 12.2 Å². The van der Waals surface area contributed by atoms with Gasteiger partial charge in [-0.05, 0) is 6.42 Å². The standard InChI is InChI=1S/C10H19NO9S/c1-3-4-18-9-6(11-5(2)12)7(13)8(14)10(19-9)20-21(15,16)17/h6-10,13-14H,3-4H2,1-2H3,(H,11,12)(H,15,16,17)/t6-,7-,8+,9-,10-/m1/s1. The van der Waals surface area contributed by atoms with Crippen molar-refractivity contribution in [3.63, 3.8) is 0 Å². The van der Waals surface area contributed by atoms with Crippen LogP contribution in [-0.2, 0) is 28.9 Å². The van der Waals surface area contributed by atoms with Gasteiger partial charge in [0, 0.05) is 13.5 Å². The Hall–Kier alpha value is -0.820. The van der Waals surface area contributed by atoms with Gasteiger partial charge in [0.05, 0.1) is 0 Å². The fourth-order valence-corrected chi connectivity index (χ4v) is 2.20. The van der Waals surface area contributed by atoms with E-state index in [2.05, 4.69) is 9.50 Å². The minimum absolute atomic E-state index is 0.197. The van der Waals surface area contributed by atoms with E-state index >= 15 is 0 Å². The second kappa shape index (κ2) is 7.45. The third-order valence-corrected chi connectivity index (χ3v) is 3.06. The minimum Gasteiger partial charge on any atom is -0.388 e. The van der Waals surface area contributed by atoms with Gasteiger partial charge in [0.15, 0.2) is 6.29 Å². The molecule has 1 fully saturated rings. The molecule has 1 rings (SSSR count). The number of ether oxygens (including phenoxy) is 2. The fourth-order valence-electron chi connectivity index (χ4n) is 1.80. The molecule has 10 nitrogen and oxygen atoms in total. The Balaban J connectivity index is 2.89. The summed E-state index contributed by atoms with van der Waals surface area (Å²) in [7, 11) is -4.90. The van der Waals surface area contributed by atoms with E-state index < -0.39 is 47.1 Å². The number of rotatable bonds is 6. The van der Waals surface area contributed by atoms with Gasteiger partial charge in [-0.15, -0.1) is 0 Å². The number of carbonyl (C=O) groups is 1. The topological polar surface area (TPSA) is 152 Å². The van der Waals surface area contributed by atoms with Crippen LogP contribution in [0.25, 0.3) is 0 Å². The average Bonchev–Trinajstić information content (AvgIpc) is 2.35. The van der Waals surface area contributed by atoms with E-state index in [0.717, 1.165) is 0 Å². The summed E-state index contributed by atoms with van der Waals surface area (Å²) in [6.07, 6.45) is -5.95. The molecule has 0 aliphatic carbocycles. The van der Waals surface area contributed by atoms with Crippen LogP contribution >= 0.6 is 0 Å². The van der Waals surface area contributed by atoms with Crippen LogP contribution in [0.2, 0.25) is 0 Å². The molecule has 1 aliphatic rings. The lowest BCUT2D eigenvalue weighted by Gasteiger charge is -2.41. The molecule has 1 amide bonds. The van der Waals surface area contributed by atoms with Crippen molar-refractivity contribution in [2.75, 3.05) is 6.61 Å². The molecule has 0 unspecified atom stereocenters. The molecule has 0 radical (unpaired) electrons. The molecule has 1 saturated heterocycles.